The first-order valence-electron chi connectivity index (χ1n) is 10.2. The van der Waals surface area contributed by atoms with E-state index in [1.54, 1.807) is 31.2 Å². The van der Waals surface area contributed by atoms with E-state index in [1.165, 1.54) is 29.6 Å². The molecule has 0 radical (unpaired) electrons. The van der Waals surface area contributed by atoms with Crippen molar-refractivity contribution in [1.29, 1.82) is 0 Å². The lowest BCUT2D eigenvalue weighted by Crippen LogP contribution is -2.47. The average molecular weight is 462 g/mol. The number of piperazine rings is 1. The summed E-state index contributed by atoms with van der Waals surface area (Å²) in [5.74, 6) is -0.724. The Morgan fingerprint density at radius 2 is 1.69 bits per heavy atom. The molecule has 0 spiro atoms. The molecular formula is C22H27N3O6S. The first-order chi connectivity index (χ1) is 15.3. The molecule has 1 aliphatic heterocycles. The second-order valence-corrected chi connectivity index (χ2v) is 9.26. The number of hydrogen-bond donors (Lipinski definition) is 1. The van der Waals surface area contributed by atoms with E-state index in [-0.39, 0.29) is 22.8 Å². The summed E-state index contributed by atoms with van der Waals surface area (Å²) in [6.45, 7) is 4.05. The summed E-state index contributed by atoms with van der Waals surface area (Å²) >= 11 is 0. The van der Waals surface area contributed by atoms with Crippen molar-refractivity contribution < 1.29 is 27.5 Å². The first-order valence-corrected chi connectivity index (χ1v) is 11.7. The van der Waals surface area contributed by atoms with Gasteiger partial charge in [0, 0.05) is 31.9 Å². The third-order valence-corrected chi connectivity index (χ3v) is 7.06. The highest BCUT2D eigenvalue weighted by molar-refractivity contribution is 7.89. The van der Waals surface area contributed by atoms with Crippen LogP contribution in [0.15, 0.2) is 47.4 Å². The van der Waals surface area contributed by atoms with Crippen LogP contribution >= 0.6 is 0 Å². The lowest BCUT2D eigenvalue weighted by Gasteiger charge is -2.31. The Labute approximate surface area is 188 Å². The normalized spacial score (nSPS) is 15.2. The minimum Gasteiger partial charge on any atom is -0.496 e. The molecule has 0 aromatic heterocycles. The number of rotatable bonds is 7. The number of amides is 1. The second kappa shape index (κ2) is 10.1. The number of carbonyl (C=O) groups is 2. The fraction of sp³-hybridized carbons (Fsp3) is 0.364. The van der Waals surface area contributed by atoms with E-state index in [4.69, 9.17) is 9.47 Å². The van der Waals surface area contributed by atoms with Crippen molar-refractivity contribution in [2.24, 2.45) is 0 Å². The fourth-order valence-corrected chi connectivity index (χ4v) is 4.75. The van der Waals surface area contributed by atoms with Gasteiger partial charge in [-0.2, -0.15) is 4.31 Å². The smallest absolute Gasteiger partial charge is 0.338 e. The van der Waals surface area contributed by atoms with Crippen LogP contribution in [0.3, 0.4) is 0 Å². The van der Waals surface area contributed by atoms with Gasteiger partial charge in [0.2, 0.25) is 10.0 Å². The zero-order valence-electron chi connectivity index (χ0n) is 18.3. The number of sulfonamides is 1. The highest BCUT2D eigenvalue weighted by Gasteiger charge is 2.29. The van der Waals surface area contributed by atoms with Gasteiger partial charge in [0.15, 0.2) is 0 Å². The van der Waals surface area contributed by atoms with Gasteiger partial charge in [-0.25, -0.2) is 13.2 Å². The van der Waals surface area contributed by atoms with Crippen LogP contribution in [0.25, 0.3) is 0 Å². The number of methoxy groups -OCH3 is 1. The average Bonchev–Trinajstić information content (AvgIpc) is 2.79. The molecule has 0 saturated carbocycles. The molecule has 10 heteroatoms. The van der Waals surface area contributed by atoms with Crippen molar-refractivity contribution in [1.82, 2.24) is 9.21 Å². The van der Waals surface area contributed by atoms with Crippen LogP contribution in [0.1, 0.15) is 27.6 Å². The number of nitrogens with one attached hydrogen (secondary N) is 1. The Kier molecular flexibility index (Phi) is 7.49. The molecule has 172 valence electrons. The Bertz CT molecular complexity index is 1080. The van der Waals surface area contributed by atoms with Gasteiger partial charge in [-0.3, -0.25) is 4.79 Å². The Morgan fingerprint density at radius 3 is 2.28 bits per heavy atom. The van der Waals surface area contributed by atoms with Gasteiger partial charge in [-0.1, -0.05) is 0 Å². The van der Waals surface area contributed by atoms with Gasteiger partial charge >= 0.3 is 5.97 Å². The largest absolute Gasteiger partial charge is 0.496 e. The molecule has 0 atom stereocenters. The van der Waals surface area contributed by atoms with Crippen molar-refractivity contribution in [3.8, 4) is 5.75 Å². The van der Waals surface area contributed by atoms with E-state index in [1.807, 2.05) is 7.05 Å². The minimum atomic E-state index is -3.74. The maximum Gasteiger partial charge on any atom is 0.338 e. The molecule has 1 fully saturated rings. The highest BCUT2D eigenvalue weighted by atomic mass is 32.2. The summed E-state index contributed by atoms with van der Waals surface area (Å²) in [4.78, 5) is 26.8. The number of ether oxygens (including phenoxy) is 2. The predicted molar refractivity (Wildman–Crippen MR) is 120 cm³/mol. The predicted octanol–water partition coefficient (Wildman–Crippen LogP) is 2.06. The second-order valence-electron chi connectivity index (χ2n) is 7.32. The summed E-state index contributed by atoms with van der Waals surface area (Å²) in [5, 5.41) is 2.71. The quantitative estimate of drug-likeness (QED) is 0.629. The number of nitrogens with zero attached hydrogens (tertiary/aromatic N) is 2. The van der Waals surface area contributed by atoms with E-state index in [2.05, 4.69) is 10.2 Å². The molecule has 9 nitrogen and oxygen atoms in total. The fourth-order valence-electron chi connectivity index (χ4n) is 3.31. The summed E-state index contributed by atoms with van der Waals surface area (Å²) < 4.78 is 37.8. The molecule has 1 N–H and O–H groups in total. The van der Waals surface area contributed by atoms with Crippen molar-refractivity contribution >= 4 is 27.6 Å². The van der Waals surface area contributed by atoms with Gasteiger partial charge in [-0.15, -0.1) is 0 Å². The zero-order chi connectivity index (χ0) is 23.3. The molecule has 2 aromatic rings. The maximum atomic E-state index is 13.1. The van der Waals surface area contributed by atoms with E-state index >= 15 is 0 Å². The van der Waals surface area contributed by atoms with Gasteiger partial charge < -0.3 is 19.7 Å². The standard InChI is InChI=1S/C22H27N3O6S/c1-4-31-22(27)16-5-7-17(8-6-16)23-21(26)19-15-18(9-10-20(19)30-3)32(28,29)25-13-11-24(2)12-14-25/h5-10,15H,4,11-14H2,1-3H3,(H,23,26). The molecule has 1 saturated heterocycles. The zero-order valence-corrected chi connectivity index (χ0v) is 19.1. The van der Waals surface area contributed by atoms with Crippen LogP contribution < -0.4 is 10.1 Å². The van der Waals surface area contributed by atoms with E-state index < -0.39 is 21.9 Å². The monoisotopic (exact) mass is 461 g/mol. The summed E-state index contributed by atoms with van der Waals surface area (Å²) in [6, 6.07) is 10.5. The van der Waals surface area contributed by atoms with Crippen molar-refractivity contribution in [3.05, 3.63) is 53.6 Å². The number of carbonyl (C=O) groups excluding carboxylic acids is 2. The topological polar surface area (TPSA) is 105 Å². The lowest BCUT2D eigenvalue weighted by atomic mass is 10.1. The number of anilines is 1. The third-order valence-electron chi connectivity index (χ3n) is 5.17. The molecule has 1 amide bonds. The van der Waals surface area contributed by atoms with Gasteiger partial charge in [0.05, 0.1) is 29.7 Å². The van der Waals surface area contributed by atoms with Crippen molar-refractivity contribution in [3.63, 3.8) is 0 Å². The van der Waals surface area contributed by atoms with Crippen molar-refractivity contribution in [2.75, 3.05) is 52.3 Å². The third kappa shape index (κ3) is 5.26. The molecule has 1 aliphatic rings. The minimum absolute atomic E-state index is 0.0330. The van der Waals surface area contributed by atoms with Crippen LogP contribution in [-0.2, 0) is 14.8 Å². The summed E-state index contributed by atoms with van der Waals surface area (Å²) in [5.41, 5.74) is 0.900. The van der Waals surface area contributed by atoms with Gasteiger partial charge in [-0.05, 0) is 56.4 Å². The molecule has 1 heterocycles. The van der Waals surface area contributed by atoms with E-state index in [0.29, 0.717) is 37.4 Å². The van der Waals surface area contributed by atoms with Crippen LogP contribution in [0.4, 0.5) is 5.69 Å². The number of esters is 1. The van der Waals surface area contributed by atoms with Crippen LogP contribution in [0.2, 0.25) is 0 Å². The number of hydrogen-bond acceptors (Lipinski definition) is 7. The molecular weight excluding hydrogens is 434 g/mol. The van der Waals surface area contributed by atoms with Crippen molar-refractivity contribution in [2.45, 2.75) is 11.8 Å². The number of benzene rings is 2. The molecule has 3 rings (SSSR count). The van der Waals surface area contributed by atoms with E-state index in [0.717, 1.165) is 0 Å². The molecule has 0 unspecified atom stereocenters. The van der Waals surface area contributed by atoms with Crippen LogP contribution in [0, 0.1) is 0 Å². The van der Waals surface area contributed by atoms with Gasteiger partial charge in [0.1, 0.15) is 5.75 Å². The Hall–Kier alpha value is -2.95. The Balaban J connectivity index is 1.82. The number of likely N-dealkylation sites (N-methyl/N-ethyl adjacent to an activating group) is 1. The Morgan fingerprint density at radius 1 is 1.03 bits per heavy atom. The van der Waals surface area contributed by atoms with E-state index in [9.17, 15) is 18.0 Å². The molecule has 0 bridgehead atoms. The highest BCUT2D eigenvalue weighted by Crippen LogP contribution is 2.26. The summed E-state index contributed by atoms with van der Waals surface area (Å²) in [6.07, 6.45) is 0. The maximum absolute atomic E-state index is 13.1. The molecule has 2 aromatic carbocycles. The lowest BCUT2D eigenvalue weighted by molar-refractivity contribution is 0.0526. The SMILES string of the molecule is CCOC(=O)c1ccc(NC(=O)c2cc(S(=O)(=O)N3CCN(C)CC3)ccc2OC)cc1. The molecule has 32 heavy (non-hydrogen) atoms. The van der Waals surface area contributed by atoms with Crippen LogP contribution in [-0.4, -0.2) is 76.4 Å². The first kappa shape index (κ1) is 23.7. The van der Waals surface area contributed by atoms with Crippen LogP contribution in [0.5, 0.6) is 5.75 Å². The van der Waals surface area contributed by atoms with Gasteiger partial charge in [0.25, 0.3) is 5.91 Å². The molecule has 0 aliphatic carbocycles. The summed E-state index contributed by atoms with van der Waals surface area (Å²) in [7, 11) is -0.385.